The van der Waals surface area contributed by atoms with Crippen molar-refractivity contribution in [2.75, 3.05) is 11.9 Å². The number of alkyl halides is 3. The second-order valence-electron chi connectivity index (χ2n) is 7.28. The molecule has 2 amide bonds. The Morgan fingerprint density at radius 3 is 2.82 bits per heavy atom. The number of nitrogens with zero attached hydrogens (tertiary/aromatic N) is 5. The van der Waals surface area contributed by atoms with Gasteiger partial charge >= 0.3 is 6.18 Å². The van der Waals surface area contributed by atoms with E-state index in [1.807, 2.05) is 0 Å². The minimum atomic E-state index is -4.50. The summed E-state index contributed by atoms with van der Waals surface area (Å²) in [5, 5.41) is 10.3. The van der Waals surface area contributed by atoms with Crippen LogP contribution in [0.3, 0.4) is 0 Å². The molecule has 0 fully saturated rings. The van der Waals surface area contributed by atoms with Gasteiger partial charge in [0.1, 0.15) is 5.82 Å². The molecule has 0 radical (unpaired) electrons. The first-order valence-electron chi connectivity index (χ1n) is 9.66. The van der Waals surface area contributed by atoms with E-state index in [2.05, 4.69) is 30.2 Å². The highest BCUT2D eigenvalue weighted by atomic mass is 19.4. The lowest BCUT2D eigenvalue weighted by Crippen LogP contribution is -2.28. The lowest BCUT2D eigenvalue weighted by Gasteiger charge is -2.24. The average Bonchev–Trinajstić information content (AvgIpc) is 3.41. The first-order chi connectivity index (χ1) is 15.6. The van der Waals surface area contributed by atoms with Crippen LogP contribution in [-0.2, 0) is 6.54 Å². The normalized spacial score (nSPS) is 14.2. The predicted molar refractivity (Wildman–Crippen MR) is 105 cm³/mol. The smallest absolute Gasteiger partial charge is 0.422 e. The van der Waals surface area contributed by atoms with Gasteiger partial charge in [0, 0.05) is 22.9 Å². The third kappa shape index (κ3) is 4.61. The van der Waals surface area contributed by atoms with E-state index in [1.54, 1.807) is 13.0 Å². The zero-order valence-corrected chi connectivity index (χ0v) is 17.4. The Hall–Kier alpha value is -4.03. The molecular formula is C20H17F3N6O4. The molecule has 0 spiro atoms. The van der Waals surface area contributed by atoms with E-state index in [-0.39, 0.29) is 29.9 Å². The second-order valence-corrected chi connectivity index (χ2v) is 7.28. The number of carbonyl (C=O) groups is 2. The van der Waals surface area contributed by atoms with Gasteiger partial charge in [-0.3, -0.25) is 9.59 Å². The number of oxazole rings is 1. The number of aromatic nitrogens is 4. The van der Waals surface area contributed by atoms with E-state index in [9.17, 15) is 22.8 Å². The van der Waals surface area contributed by atoms with Gasteiger partial charge in [0.2, 0.25) is 11.6 Å². The van der Waals surface area contributed by atoms with Gasteiger partial charge in [-0.15, -0.1) is 10.2 Å². The molecule has 172 valence electrons. The number of hydrogen-bond donors (Lipinski definition) is 1. The molecule has 1 N–H and O–H groups in total. The third-order valence-electron chi connectivity index (χ3n) is 4.99. The van der Waals surface area contributed by atoms with Crippen molar-refractivity contribution in [3.05, 3.63) is 59.1 Å². The highest BCUT2D eigenvalue weighted by Gasteiger charge is 2.35. The molecule has 0 aromatic carbocycles. The van der Waals surface area contributed by atoms with Crippen molar-refractivity contribution in [2.24, 2.45) is 0 Å². The van der Waals surface area contributed by atoms with Crippen molar-refractivity contribution >= 4 is 17.6 Å². The van der Waals surface area contributed by atoms with Crippen molar-refractivity contribution in [2.45, 2.75) is 32.6 Å². The Morgan fingerprint density at radius 1 is 1.36 bits per heavy atom. The van der Waals surface area contributed by atoms with E-state index in [1.165, 1.54) is 30.3 Å². The topological polar surface area (TPSA) is 123 Å². The fraction of sp³-hybridized carbons (Fsp3) is 0.300. The molecule has 1 unspecified atom stereocenters. The summed E-state index contributed by atoms with van der Waals surface area (Å²) in [6.07, 6.45) is -0.728. The van der Waals surface area contributed by atoms with Crippen molar-refractivity contribution in [1.29, 1.82) is 0 Å². The third-order valence-corrected chi connectivity index (χ3v) is 4.99. The molecule has 4 heterocycles. The lowest BCUT2D eigenvalue weighted by atomic mass is 10.1. The molecule has 1 aliphatic rings. The van der Waals surface area contributed by atoms with Crippen LogP contribution in [0.5, 0.6) is 5.88 Å². The van der Waals surface area contributed by atoms with Crippen LogP contribution in [0.15, 0.2) is 35.3 Å². The Labute approximate surface area is 184 Å². The van der Waals surface area contributed by atoms with E-state index in [0.717, 1.165) is 6.39 Å². The number of fused-ring (bicyclic) bond motifs is 1. The van der Waals surface area contributed by atoms with Crippen LogP contribution in [0.2, 0.25) is 0 Å². The van der Waals surface area contributed by atoms with Crippen LogP contribution < -0.4 is 10.1 Å². The van der Waals surface area contributed by atoms with Gasteiger partial charge < -0.3 is 19.4 Å². The number of nitrogens with one attached hydrogen (secondary N) is 1. The largest absolute Gasteiger partial charge is 0.467 e. The number of carbonyl (C=O) groups excluding carboxylic acids is 2. The summed E-state index contributed by atoms with van der Waals surface area (Å²) in [6.45, 7) is 1.90. The molecule has 13 heteroatoms. The molecule has 3 aromatic rings. The van der Waals surface area contributed by atoms with E-state index in [4.69, 9.17) is 4.42 Å². The Morgan fingerprint density at radius 2 is 2.15 bits per heavy atom. The second kappa shape index (κ2) is 8.48. The number of aryl methyl sites for hydroxylation is 1. The zero-order valence-electron chi connectivity index (χ0n) is 17.4. The van der Waals surface area contributed by atoms with Crippen LogP contribution in [0, 0.1) is 6.92 Å². The number of amides is 2. The van der Waals surface area contributed by atoms with E-state index >= 15 is 0 Å². The molecule has 0 aliphatic carbocycles. The van der Waals surface area contributed by atoms with Crippen molar-refractivity contribution in [3.63, 3.8) is 0 Å². The molecule has 1 aliphatic heterocycles. The van der Waals surface area contributed by atoms with Gasteiger partial charge in [-0.05, 0) is 26.0 Å². The number of anilines is 1. The summed E-state index contributed by atoms with van der Waals surface area (Å²) in [6, 6.07) is 2.50. The minimum absolute atomic E-state index is 0.0115. The monoisotopic (exact) mass is 462 g/mol. The number of hydrogen-bond acceptors (Lipinski definition) is 8. The standard InChI is InChI=1S/C20H17F3N6O4/c1-10-5-14(27-28-18(10)32-8-20(21,22)23)11(2)29-7-13-12(19(29)31)3-4-25-16(13)26-17(30)15-6-24-9-33-15/h3-6,9,11H,7-8H2,1-2H3,(H,25,26,30). The van der Waals surface area contributed by atoms with Crippen molar-refractivity contribution < 1.29 is 31.9 Å². The van der Waals surface area contributed by atoms with Gasteiger partial charge in [-0.25, -0.2) is 9.97 Å². The van der Waals surface area contributed by atoms with Gasteiger partial charge in [-0.1, -0.05) is 0 Å². The Bertz CT molecular complexity index is 1200. The fourth-order valence-electron chi connectivity index (χ4n) is 3.32. The predicted octanol–water partition coefficient (Wildman–Crippen LogP) is 3.08. The first-order valence-corrected chi connectivity index (χ1v) is 9.66. The molecule has 33 heavy (non-hydrogen) atoms. The molecular weight excluding hydrogens is 445 g/mol. The maximum atomic E-state index is 13.0. The molecule has 10 nitrogen and oxygen atoms in total. The summed E-state index contributed by atoms with van der Waals surface area (Å²) in [5.41, 5.74) is 1.59. The minimum Gasteiger partial charge on any atom is -0.467 e. The summed E-state index contributed by atoms with van der Waals surface area (Å²) in [4.78, 5) is 34.6. The molecule has 1 atom stereocenters. The van der Waals surface area contributed by atoms with Crippen LogP contribution in [0.1, 0.15) is 50.7 Å². The van der Waals surface area contributed by atoms with E-state index < -0.39 is 24.7 Å². The van der Waals surface area contributed by atoms with E-state index in [0.29, 0.717) is 22.4 Å². The average molecular weight is 462 g/mol. The molecule has 4 rings (SSSR count). The van der Waals surface area contributed by atoms with Crippen molar-refractivity contribution in [1.82, 2.24) is 25.1 Å². The van der Waals surface area contributed by atoms with Crippen LogP contribution >= 0.6 is 0 Å². The highest BCUT2D eigenvalue weighted by molar-refractivity contribution is 6.05. The zero-order chi connectivity index (χ0) is 23.8. The first kappa shape index (κ1) is 22.2. The summed E-state index contributed by atoms with van der Waals surface area (Å²) >= 11 is 0. The van der Waals surface area contributed by atoms with Gasteiger partial charge in [0.15, 0.2) is 13.0 Å². The number of ether oxygens (including phenoxy) is 1. The summed E-state index contributed by atoms with van der Waals surface area (Å²) in [7, 11) is 0. The highest BCUT2D eigenvalue weighted by Crippen LogP contribution is 2.34. The lowest BCUT2D eigenvalue weighted by molar-refractivity contribution is -0.154. The molecule has 0 saturated heterocycles. The van der Waals surface area contributed by atoms with Gasteiger partial charge in [0.05, 0.1) is 24.5 Å². The number of pyridine rings is 1. The number of rotatable bonds is 6. The maximum Gasteiger partial charge on any atom is 0.422 e. The Balaban J connectivity index is 1.52. The molecule has 3 aromatic heterocycles. The maximum absolute atomic E-state index is 13.0. The summed E-state index contributed by atoms with van der Waals surface area (Å²) in [5.74, 6) is -0.922. The van der Waals surface area contributed by atoms with Crippen LogP contribution in [0.4, 0.5) is 19.0 Å². The van der Waals surface area contributed by atoms with Crippen LogP contribution in [0.25, 0.3) is 0 Å². The SMILES string of the molecule is Cc1cc(C(C)N2Cc3c(ccnc3NC(=O)c3cnco3)C2=O)nnc1OCC(F)(F)F. The molecule has 0 saturated carbocycles. The van der Waals surface area contributed by atoms with Crippen LogP contribution in [-0.4, -0.2) is 49.7 Å². The number of halogens is 3. The van der Waals surface area contributed by atoms with Crippen molar-refractivity contribution in [3.8, 4) is 5.88 Å². The van der Waals surface area contributed by atoms with Gasteiger partial charge in [-0.2, -0.15) is 13.2 Å². The van der Waals surface area contributed by atoms with Gasteiger partial charge in [0.25, 0.3) is 11.8 Å². The quantitative estimate of drug-likeness (QED) is 0.593. The summed E-state index contributed by atoms with van der Waals surface area (Å²) < 4.78 is 46.8. The molecule has 0 bridgehead atoms. The Kier molecular flexibility index (Phi) is 5.70. The fourth-order valence-corrected chi connectivity index (χ4v) is 3.32.